The summed E-state index contributed by atoms with van der Waals surface area (Å²) in [4.78, 5) is 0. The molecule has 2 rings (SSSR count). The molecule has 0 bridgehead atoms. The molecule has 0 aliphatic heterocycles. The van der Waals surface area contributed by atoms with E-state index >= 15 is 0 Å². The molecule has 1 aromatic heterocycles. The average Bonchev–Trinajstić information content (AvgIpc) is 2.64. The molecular weight excluding hydrogens is 186 g/mol. The largest absolute Gasteiger partial charge is 0.285 e. The van der Waals surface area contributed by atoms with Crippen molar-refractivity contribution in [2.75, 3.05) is 0 Å². The molecule has 2 aromatic rings. The Morgan fingerprint density at radius 3 is 2.64 bits per heavy atom. The van der Waals surface area contributed by atoms with Crippen LogP contribution < -0.4 is 0 Å². The van der Waals surface area contributed by atoms with Gasteiger partial charge in [0, 0.05) is 12.6 Å². The van der Waals surface area contributed by atoms with Gasteiger partial charge in [-0.1, -0.05) is 6.07 Å². The van der Waals surface area contributed by atoms with Crippen LogP contribution >= 0.6 is 0 Å². The van der Waals surface area contributed by atoms with E-state index in [1.807, 2.05) is 0 Å². The van der Waals surface area contributed by atoms with Gasteiger partial charge in [-0.3, -0.25) is 5.10 Å². The van der Waals surface area contributed by atoms with Crippen LogP contribution in [0, 0.1) is 11.6 Å². The van der Waals surface area contributed by atoms with Gasteiger partial charge in [0.05, 0.1) is 6.20 Å². The Balaban J connectivity index is 2.22. The summed E-state index contributed by atoms with van der Waals surface area (Å²) in [7, 11) is 0. The summed E-state index contributed by atoms with van der Waals surface area (Å²) >= 11 is 0. The van der Waals surface area contributed by atoms with Crippen LogP contribution in [0.25, 0.3) is 0 Å². The highest BCUT2D eigenvalue weighted by Gasteiger charge is 2.03. The van der Waals surface area contributed by atoms with E-state index in [1.165, 1.54) is 6.07 Å². The van der Waals surface area contributed by atoms with E-state index in [0.717, 1.165) is 17.2 Å². The number of hydrogen-bond donors (Lipinski definition) is 1. The lowest BCUT2D eigenvalue weighted by molar-refractivity contribution is 0.507. The van der Waals surface area contributed by atoms with Gasteiger partial charge in [0.1, 0.15) is 0 Å². The Labute approximate surface area is 79.6 Å². The molecule has 0 unspecified atom stereocenters. The van der Waals surface area contributed by atoms with E-state index in [2.05, 4.69) is 10.2 Å². The Morgan fingerprint density at radius 2 is 2.00 bits per heavy atom. The fraction of sp³-hybridized carbons (Fsp3) is 0.100. The molecule has 0 atom stereocenters. The minimum atomic E-state index is -0.819. The molecular formula is C10H8F2N2. The number of H-pyrrole nitrogens is 1. The third-order valence-corrected chi connectivity index (χ3v) is 1.95. The number of benzene rings is 1. The first-order chi connectivity index (χ1) is 6.75. The number of nitrogens with one attached hydrogen (secondary N) is 1. The van der Waals surface area contributed by atoms with Gasteiger partial charge in [-0.15, -0.1) is 0 Å². The van der Waals surface area contributed by atoms with Crippen LogP contribution in [0.4, 0.5) is 8.78 Å². The highest BCUT2D eigenvalue weighted by atomic mass is 19.2. The summed E-state index contributed by atoms with van der Waals surface area (Å²) in [6.07, 6.45) is 3.93. The second-order valence-electron chi connectivity index (χ2n) is 3.03. The zero-order valence-corrected chi connectivity index (χ0v) is 7.30. The second kappa shape index (κ2) is 3.57. The lowest BCUT2D eigenvalue weighted by atomic mass is 10.1. The Bertz CT molecular complexity index is 424. The zero-order chi connectivity index (χ0) is 9.97. The van der Waals surface area contributed by atoms with Crippen LogP contribution in [0.1, 0.15) is 11.1 Å². The minimum Gasteiger partial charge on any atom is -0.285 e. The molecule has 1 heterocycles. The van der Waals surface area contributed by atoms with Crippen molar-refractivity contribution in [2.24, 2.45) is 0 Å². The van der Waals surface area contributed by atoms with Gasteiger partial charge in [0.25, 0.3) is 0 Å². The van der Waals surface area contributed by atoms with Crippen LogP contribution in [0.2, 0.25) is 0 Å². The van der Waals surface area contributed by atoms with Gasteiger partial charge in [-0.2, -0.15) is 5.10 Å². The normalized spacial score (nSPS) is 10.4. The molecule has 0 aliphatic carbocycles. The van der Waals surface area contributed by atoms with Crippen LogP contribution in [0.15, 0.2) is 30.6 Å². The van der Waals surface area contributed by atoms with E-state index in [-0.39, 0.29) is 0 Å². The summed E-state index contributed by atoms with van der Waals surface area (Å²) < 4.78 is 25.4. The smallest absolute Gasteiger partial charge is 0.159 e. The summed E-state index contributed by atoms with van der Waals surface area (Å²) in [6, 6.07) is 3.89. The first kappa shape index (κ1) is 8.87. The summed E-state index contributed by atoms with van der Waals surface area (Å²) in [5.41, 5.74) is 1.67. The Kier molecular flexibility index (Phi) is 2.26. The molecule has 0 fully saturated rings. The van der Waals surface area contributed by atoms with Crippen molar-refractivity contribution >= 4 is 0 Å². The molecule has 1 N–H and O–H groups in total. The van der Waals surface area contributed by atoms with Crippen LogP contribution in [-0.4, -0.2) is 10.2 Å². The van der Waals surface area contributed by atoms with Gasteiger partial charge in [-0.05, 0) is 23.3 Å². The molecule has 72 valence electrons. The second-order valence-corrected chi connectivity index (χ2v) is 3.03. The predicted octanol–water partition coefficient (Wildman–Crippen LogP) is 2.28. The van der Waals surface area contributed by atoms with Gasteiger partial charge in [0.15, 0.2) is 11.6 Å². The zero-order valence-electron chi connectivity index (χ0n) is 7.30. The average molecular weight is 194 g/mol. The SMILES string of the molecule is Fc1ccc(Cc2cn[nH]c2)cc1F. The quantitative estimate of drug-likeness (QED) is 0.780. The first-order valence-electron chi connectivity index (χ1n) is 4.17. The molecule has 4 heteroatoms. The number of halogens is 2. The molecule has 2 nitrogen and oxygen atoms in total. The van der Waals surface area contributed by atoms with E-state index in [1.54, 1.807) is 18.5 Å². The van der Waals surface area contributed by atoms with Gasteiger partial charge in [-0.25, -0.2) is 8.78 Å². The predicted molar refractivity (Wildman–Crippen MR) is 47.8 cm³/mol. The Morgan fingerprint density at radius 1 is 1.14 bits per heavy atom. The van der Waals surface area contributed by atoms with Crippen LogP contribution in [0.5, 0.6) is 0 Å². The molecule has 0 amide bonds. The maximum atomic E-state index is 12.8. The monoisotopic (exact) mass is 194 g/mol. The van der Waals surface area contributed by atoms with E-state index < -0.39 is 11.6 Å². The number of nitrogens with zero attached hydrogens (tertiary/aromatic N) is 1. The van der Waals surface area contributed by atoms with Crippen molar-refractivity contribution in [2.45, 2.75) is 6.42 Å². The molecule has 0 saturated carbocycles. The van der Waals surface area contributed by atoms with Crippen molar-refractivity contribution in [1.29, 1.82) is 0 Å². The summed E-state index contributed by atoms with van der Waals surface area (Å²) in [5, 5.41) is 6.42. The third kappa shape index (κ3) is 1.79. The van der Waals surface area contributed by atoms with Crippen molar-refractivity contribution in [1.82, 2.24) is 10.2 Å². The van der Waals surface area contributed by atoms with Crippen molar-refractivity contribution in [3.8, 4) is 0 Å². The van der Waals surface area contributed by atoms with E-state index in [4.69, 9.17) is 0 Å². The molecule has 14 heavy (non-hydrogen) atoms. The molecule has 1 aromatic carbocycles. The van der Waals surface area contributed by atoms with Crippen LogP contribution in [-0.2, 0) is 6.42 Å². The molecule has 0 spiro atoms. The molecule has 0 saturated heterocycles. The van der Waals surface area contributed by atoms with Crippen LogP contribution in [0.3, 0.4) is 0 Å². The highest BCUT2D eigenvalue weighted by Crippen LogP contribution is 2.12. The van der Waals surface area contributed by atoms with Crippen molar-refractivity contribution in [3.63, 3.8) is 0 Å². The molecule has 0 aliphatic rings. The standard InChI is InChI=1S/C10H8F2N2/c11-9-2-1-7(4-10(9)12)3-8-5-13-14-6-8/h1-2,4-6H,3H2,(H,13,14). The van der Waals surface area contributed by atoms with Crippen molar-refractivity contribution in [3.05, 3.63) is 53.4 Å². The van der Waals surface area contributed by atoms with Gasteiger partial charge in [0.2, 0.25) is 0 Å². The maximum absolute atomic E-state index is 12.8. The topological polar surface area (TPSA) is 28.7 Å². The number of rotatable bonds is 2. The van der Waals surface area contributed by atoms with E-state index in [0.29, 0.717) is 6.42 Å². The first-order valence-corrected chi connectivity index (χ1v) is 4.17. The maximum Gasteiger partial charge on any atom is 0.159 e. The fourth-order valence-corrected chi connectivity index (χ4v) is 1.26. The van der Waals surface area contributed by atoms with E-state index in [9.17, 15) is 8.78 Å². The lowest BCUT2D eigenvalue weighted by Crippen LogP contribution is -1.90. The van der Waals surface area contributed by atoms with Crippen molar-refractivity contribution < 1.29 is 8.78 Å². The number of hydrogen-bond acceptors (Lipinski definition) is 1. The lowest BCUT2D eigenvalue weighted by Gasteiger charge is -1.99. The summed E-state index contributed by atoms with van der Waals surface area (Å²) in [6.45, 7) is 0. The molecule has 0 radical (unpaired) electrons. The third-order valence-electron chi connectivity index (χ3n) is 1.95. The van der Waals surface area contributed by atoms with Gasteiger partial charge >= 0.3 is 0 Å². The summed E-state index contributed by atoms with van der Waals surface area (Å²) in [5.74, 6) is -1.63. The number of aromatic amines is 1. The fourth-order valence-electron chi connectivity index (χ4n) is 1.26. The minimum absolute atomic E-state index is 0.549. The Hall–Kier alpha value is -1.71. The van der Waals surface area contributed by atoms with Gasteiger partial charge < -0.3 is 0 Å². The number of aromatic nitrogens is 2. The highest BCUT2D eigenvalue weighted by molar-refractivity contribution is 5.23.